The first kappa shape index (κ1) is 22.9. The van der Waals surface area contributed by atoms with Gasteiger partial charge in [-0.1, -0.05) is 59.7 Å². The highest BCUT2D eigenvalue weighted by molar-refractivity contribution is 14.1. The lowest BCUT2D eigenvalue weighted by Gasteiger charge is -2.46. The molecule has 27 heavy (non-hydrogen) atoms. The van der Waals surface area contributed by atoms with Gasteiger partial charge in [-0.05, 0) is 70.6 Å². The van der Waals surface area contributed by atoms with E-state index in [-0.39, 0.29) is 16.4 Å². The molecule has 152 valence electrons. The third-order valence-electron chi connectivity index (χ3n) is 6.67. The van der Waals surface area contributed by atoms with E-state index >= 15 is 0 Å². The third-order valence-corrected chi connectivity index (χ3v) is 12.2. The van der Waals surface area contributed by atoms with Crippen LogP contribution in [0.3, 0.4) is 0 Å². The molecule has 1 saturated carbocycles. The van der Waals surface area contributed by atoms with Gasteiger partial charge in [0.25, 0.3) is 0 Å². The van der Waals surface area contributed by atoms with Crippen molar-refractivity contribution in [3.63, 3.8) is 0 Å². The van der Waals surface area contributed by atoms with Crippen LogP contribution in [0, 0.1) is 14.4 Å². The summed E-state index contributed by atoms with van der Waals surface area (Å²) in [6.07, 6.45) is 1.37. The summed E-state index contributed by atoms with van der Waals surface area (Å²) >= 11 is 2.35. The van der Waals surface area contributed by atoms with E-state index in [0.717, 1.165) is 0 Å². The van der Waals surface area contributed by atoms with Crippen LogP contribution in [-0.4, -0.2) is 27.0 Å². The molecular formula is C22H35IO3Si. The van der Waals surface area contributed by atoms with Crippen molar-refractivity contribution in [2.75, 3.05) is 7.11 Å². The van der Waals surface area contributed by atoms with Crippen LogP contribution >= 0.6 is 22.6 Å². The number of halogens is 1. The average molecular weight is 503 g/mol. The largest absolute Gasteiger partial charge is 0.468 e. The van der Waals surface area contributed by atoms with Gasteiger partial charge in [0, 0.05) is 3.57 Å². The predicted molar refractivity (Wildman–Crippen MR) is 122 cm³/mol. The van der Waals surface area contributed by atoms with Crippen molar-refractivity contribution in [3.05, 3.63) is 33.4 Å². The molecule has 1 aliphatic carbocycles. The zero-order chi connectivity index (χ0) is 20.9. The first-order valence-electron chi connectivity index (χ1n) is 9.66. The van der Waals surface area contributed by atoms with Gasteiger partial charge in [0.1, 0.15) is 5.41 Å². The molecule has 1 aliphatic rings. The average Bonchev–Trinajstić information content (AvgIpc) is 3.16. The van der Waals surface area contributed by atoms with E-state index in [1.807, 2.05) is 12.1 Å². The van der Waals surface area contributed by atoms with Gasteiger partial charge in [-0.2, -0.15) is 0 Å². The lowest BCUT2D eigenvalue weighted by Crippen LogP contribution is -2.52. The van der Waals surface area contributed by atoms with Gasteiger partial charge in [-0.25, -0.2) is 0 Å². The normalized spacial score (nSPS) is 26.0. The molecule has 0 N–H and O–H groups in total. The van der Waals surface area contributed by atoms with E-state index in [1.54, 1.807) is 0 Å². The molecule has 0 radical (unpaired) electrons. The minimum absolute atomic E-state index is 0.0802. The van der Waals surface area contributed by atoms with E-state index in [1.165, 1.54) is 16.2 Å². The summed E-state index contributed by atoms with van der Waals surface area (Å²) in [6, 6.07) is 8.28. The summed E-state index contributed by atoms with van der Waals surface area (Å²) in [6.45, 7) is 17.9. The minimum atomic E-state index is -2.08. The number of methoxy groups -OCH3 is 1. The Hall–Kier alpha value is -0.403. The summed E-state index contributed by atoms with van der Waals surface area (Å²) in [5, 5.41) is 0.0802. The lowest BCUT2D eigenvalue weighted by atomic mass is 9.78. The molecule has 3 nitrogen and oxygen atoms in total. The highest BCUT2D eigenvalue weighted by atomic mass is 127. The maximum absolute atomic E-state index is 13.1. The van der Waals surface area contributed by atoms with Crippen molar-refractivity contribution in [2.45, 2.75) is 78.1 Å². The fourth-order valence-corrected chi connectivity index (χ4v) is 6.25. The van der Waals surface area contributed by atoms with E-state index in [9.17, 15) is 4.79 Å². The number of esters is 1. The molecule has 5 heteroatoms. The van der Waals surface area contributed by atoms with E-state index in [4.69, 9.17) is 9.16 Å². The van der Waals surface area contributed by atoms with Gasteiger partial charge < -0.3 is 9.16 Å². The number of carbonyl (C=O) groups is 1. The summed E-state index contributed by atoms with van der Waals surface area (Å²) in [5.41, 5.74) is -0.114. The third kappa shape index (κ3) is 3.88. The second-order valence-corrected chi connectivity index (χ2v) is 16.3. The second-order valence-electron chi connectivity index (χ2n) is 10.5. The Bertz CT molecular complexity index is 717. The number of benzene rings is 1. The summed E-state index contributed by atoms with van der Waals surface area (Å²) < 4.78 is 13.6. The second kappa shape index (κ2) is 7.13. The van der Waals surface area contributed by atoms with Gasteiger partial charge in [-0.15, -0.1) is 0 Å². The Labute approximate surface area is 179 Å². The summed E-state index contributed by atoms with van der Waals surface area (Å²) in [7, 11) is -0.577. The maximum atomic E-state index is 13.1. The van der Waals surface area contributed by atoms with Crippen molar-refractivity contribution in [2.24, 2.45) is 10.8 Å². The number of hydrogen-bond donors (Lipinski definition) is 0. The molecule has 1 aromatic carbocycles. The highest BCUT2D eigenvalue weighted by Crippen LogP contribution is 2.70. The standard InChI is InChI=1S/C22H35IO3Si/c1-19(2,3)22(26-27(8,9)20(4,5)6)15-21(22,18(24)25-7)14-16-12-10-11-13-17(16)23/h10-13H,14-15H2,1-9H3. The van der Waals surface area contributed by atoms with Crippen molar-refractivity contribution in [1.82, 2.24) is 0 Å². The topological polar surface area (TPSA) is 35.5 Å². The fraction of sp³-hybridized carbons (Fsp3) is 0.682. The quantitative estimate of drug-likeness (QED) is 0.273. The molecule has 2 unspecified atom stereocenters. The molecule has 2 atom stereocenters. The molecule has 0 heterocycles. The zero-order valence-electron chi connectivity index (χ0n) is 18.3. The summed E-state index contributed by atoms with van der Waals surface area (Å²) in [5.74, 6) is -0.143. The van der Waals surface area contributed by atoms with E-state index < -0.39 is 19.3 Å². The van der Waals surface area contributed by atoms with Crippen LogP contribution < -0.4 is 0 Å². The maximum Gasteiger partial charge on any atom is 0.315 e. The van der Waals surface area contributed by atoms with E-state index in [0.29, 0.717) is 12.8 Å². The Balaban J connectivity index is 2.55. The molecule has 0 saturated heterocycles. The SMILES string of the molecule is COC(=O)C1(Cc2ccccc2I)CC1(O[Si](C)(C)C(C)(C)C)C(C)(C)C. The van der Waals surface area contributed by atoms with Crippen LogP contribution in [0.4, 0.5) is 0 Å². The van der Waals surface area contributed by atoms with Gasteiger partial charge in [0.15, 0.2) is 8.32 Å². The first-order chi connectivity index (χ1) is 12.1. The number of rotatable bonds is 5. The monoisotopic (exact) mass is 502 g/mol. The number of hydrogen-bond acceptors (Lipinski definition) is 3. The number of carbonyl (C=O) groups excluding carboxylic acids is 1. The molecule has 1 fully saturated rings. The minimum Gasteiger partial charge on any atom is -0.468 e. The molecular weight excluding hydrogens is 467 g/mol. The summed E-state index contributed by atoms with van der Waals surface area (Å²) in [4.78, 5) is 13.1. The molecule has 0 amide bonds. The molecule has 0 aliphatic heterocycles. The molecule has 2 rings (SSSR count). The molecule has 0 aromatic heterocycles. The molecule has 0 bridgehead atoms. The Kier molecular flexibility index (Phi) is 6.04. The predicted octanol–water partition coefficient (Wildman–Crippen LogP) is 6.20. The van der Waals surface area contributed by atoms with Crippen LogP contribution in [0.15, 0.2) is 24.3 Å². The van der Waals surface area contributed by atoms with Crippen LogP contribution in [0.1, 0.15) is 53.5 Å². The Morgan fingerprint density at radius 2 is 1.70 bits per heavy atom. The molecule has 1 aromatic rings. The van der Waals surface area contributed by atoms with Gasteiger partial charge in [0.05, 0.1) is 12.7 Å². The van der Waals surface area contributed by atoms with Crippen LogP contribution in [0.2, 0.25) is 18.1 Å². The molecule has 0 spiro atoms. The zero-order valence-corrected chi connectivity index (χ0v) is 21.5. The van der Waals surface area contributed by atoms with Gasteiger partial charge >= 0.3 is 5.97 Å². The first-order valence-corrected chi connectivity index (χ1v) is 13.6. The Morgan fingerprint density at radius 1 is 1.15 bits per heavy atom. The Morgan fingerprint density at radius 3 is 2.15 bits per heavy atom. The van der Waals surface area contributed by atoms with Crippen LogP contribution in [0.25, 0.3) is 0 Å². The lowest BCUT2D eigenvalue weighted by molar-refractivity contribution is -0.152. The van der Waals surface area contributed by atoms with Crippen molar-refractivity contribution in [1.29, 1.82) is 0 Å². The van der Waals surface area contributed by atoms with Crippen molar-refractivity contribution < 1.29 is 14.0 Å². The van der Waals surface area contributed by atoms with Crippen molar-refractivity contribution >= 4 is 36.9 Å². The highest BCUT2D eigenvalue weighted by Gasteiger charge is 2.79. The smallest absolute Gasteiger partial charge is 0.315 e. The van der Waals surface area contributed by atoms with Gasteiger partial charge in [0.2, 0.25) is 0 Å². The fourth-order valence-electron chi connectivity index (χ4n) is 3.92. The number of ether oxygens (including phenoxy) is 1. The van der Waals surface area contributed by atoms with Crippen LogP contribution in [-0.2, 0) is 20.4 Å². The van der Waals surface area contributed by atoms with Crippen LogP contribution in [0.5, 0.6) is 0 Å². The van der Waals surface area contributed by atoms with Crippen molar-refractivity contribution in [3.8, 4) is 0 Å². The van der Waals surface area contributed by atoms with E-state index in [2.05, 4.69) is 89.4 Å². The van der Waals surface area contributed by atoms with Gasteiger partial charge in [-0.3, -0.25) is 4.79 Å².